The van der Waals surface area contributed by atoms with Crippen LogP contribution in [0.1, 0.15) is 18.2 Å². The van der Waals surface area contributed by atoms with Crippen molar-refractivity contribution in [3.63, 3.8) is 0 Å². The monoisotopic (exact) mass is 222 g/mol. The predicted molar refractivity (Wildman–Crippen MR) is 62.3 cm³/mol. The van der Waals surface area contributed by atoms with Crippen LogP contribution < -0.4 is 10.6 Å². The number of hydrogen-bond donors (Lipinski definition) is 1. The van der Waals surface area contributed by atoms with Crippen molar-refractivity contribution in [3.8, 4) is 0 Å². The van der Waals surface area contributed by atoms with Crippen molar-refractivity contribution in [2.75, 3.05) is 25.1 Å². The van der Waals surface area contributed by atoms with Crippen molar-refractivity contribution < 1.29 is 4.74 Å². The minimum absolute atomic E-state index is 0.125. The number of nitrogens with zero attached hydrogens (tertiary/aromatic N) is 3. The van der Waals surface area contributed by atoms with Crippen molar-refractivity contribution in [2.45, 2.75) is 26.0 Å². The van der Waals surface area contributed by atoms with Gasteiger partial charge in [-0.1, -0.05) is 0 Å². The Labute approximate surface area is 95.6 Å². The lowest BCUT2D eigenvalue weighted by atomic mass is 10.1. The molecule has 2 heterocycles. The first-order chi connectivity index (χ1) is 7.68. The van der Waals surface area contributed by atoms with Gasteiger partial charge in [-0.3, -0.25) is 0 Å². The van der Waals surface area contributed by atoms with Crippen molar-refractivity contribution in [1.29, 1.82) is 0 Å². The third-order valence-electron chi connectivity index (χ3n) is 2.66. The van der Waals surface area contributed by atoms with Crippen LogP contribution in [0.15, 0.2) is 6.33 Å². The molecule has 0 aliphatic carbocycles. The molecule has 2 N–H and O–H groups in total. The van der Waals surface area contributed by atoms with Crippen LogP contribution in [0.4, 0.5) is 5.82 Å². The molecule has 0 amide bonds. The Hall–Kier alpha value is -1.20. The summed E-state index contributed by atoms with van der Waals surface area (Å²) in [5.41, 5.74) is 8.00. The van der Waals surface area contributed by atoms with Crippen molar-refractivity contribution in [3.05, 3.63) is 17.6 Å². The zero-order chi connectivity index (χ0) is 11.5. The molecule has 1 aliphatic rings. The summed E-state index contributed by atoms with van der Waals surface area (Å²) in [6, 6.07) is 0.125. The SMILES string of the molecule is CC(N)CN(C)c1ncnc2c1COCC2. The number of ether oxygens (including phenoxy) is 1. The van der Waals surface area contributed by atoms with Crippen LogP contribution in [-0.2, 0) is 17.8 Å². The Morgan fingerprint density at radius 2 is 2.38 bits per heavy atom. The first kappa shape index (κ1) is 11.3. The van der Waals surface area contributed by atoms with Crippen LogP contribution in [0.3, 0.4) is 0 Å². The summed E-state index contributed by atoms with van der Waals surface area (Å²) in [4.78, 5) is 10.7. The van der Waals surface area contributed by atoms with Gasteiger partial charge in [-0.15, -0.1) is 0 Å². The smallest absolute Gasteiger partial charge is 0.137 e. The van der Waals surface area contributed by atoms with Crippen LogP contribution in [-0.4, -0.2) is 36.2 Å². The molecule has 1 aromatic heterocycles. The average molecular weight is 222 g/mol. The summed E-state index contributed by atoms with van der Waals surface area (Å²) >= 11 is 0. The lowest BCUT2D eigenvalue weighted by Gasteiger charge is -2.25. The second-order valence-electron chi connectivity index (χ2n) is 4.28. The standard InChI is InChI=1S/C11H18N4O/c1-8(12)5-15(2)11-9-6-16-4-3-10(9)13-7-14-11/h7-8H,3-6,12H2,1-2H3. The Morgan fingerprint density at radius 3 is 3.12 bits per heavy atom. The number of likely N-dealkylation sites (N-methyl/N-ethyl adjacent to an activating group) is 1. The Bertz CT molecular complexity index is 367. The Morgan fingerprint density at radius 1 is 1.56 bits per heavy atom. The van der Waals surface area contributed by atoms with E-state index in [2.05, 4.69) is 14.9 Å². The van der Waals surface area contributed by atoms with Gasteiger partial charge in [0.2, 0.25) is 0 Å². The molecule has 0 saturated carbocycles. The van der Waals surface area contributed by atoms with E-state index in [1.54, 1.807) is 6.33 Å². The molecular formula is C11H18N4O. The van der Waals surface area contributed by atoms with Gasteiger partial charge >= 0.3 is 0 Å². The summed E-state index contributed by atoms with van der Waals surface area (Å²) in [6.07, 6.45) is 2.49. The molecule has 0 fully saturated rings. The van der Waals surface area contributed by atoms with E-state index >= 15 is 0 Å². The van der Waals surface area contributed by atoms with E-state index in [9.17, 15) is 0 Å². The third-order valence-corrected chi connectivity index (χ3v) is 2.66. The highest BCUT2D eigenvalue weighted by Crippen LogP contribution is 2.23. The molecule has 1 aliphatic heterocycles. The van der Waals surface area contributed by atoms with E-state index in [-0.39, 0.29) is 6.04 Å². The lowest BCUT2D eigenvalue weighted by molar-refractivity contribution is 0.109. The fourth-order valence-corrected chi connectivity index (χ4v) is 1.99. The van der Waals surface area contributed by atoms with E-state index in [1.165, 1.54) is 0 Å². The molecule has 0 saturated heterocycles. The van der Waals surface area contributed by atoms with Gasteiger partial charge < -0.3 is 15.4 Å². The second kappa shape index (κ2) is 4.76. The highest BCUT2D eigenvalue weighted by atomic mass is 16.5. The zero-order valence-corrected chi connectivity index (χ0v) is 9.81. The van der Waals surface area contributed by atoms with E-state index in [1.807, 2.05) is 14.0 Å². The number of hydrogen-bond acceptors (Lipinski definition) is 5. The maximum Gasteiger partial charge on any atom is 0.137 e. The molecule has 5 nitrogen and oxygen atoms in total. The number of anilines is 1. The van der Waals surface area contributed by atoms with E-state index in [0.717, 1.165) is 36.6 Å². The molecule has 2 rings (SSSR count). The average Bonchev–Trinajstić information content (AvgIpc) is 2.27. The summed E-state index contributed by atoms with van der Waals surface area (Å²) in [5.74, 6) is 0.946. The largest absolute Gasteiger partial charge is 0.376 e. The highest BCUT2D eigenvalue weighted by Gasteiger charge is 2.18. The normalized spacial score (nSPS) is 16.7. The third kappa shape index (κ3) is 2.31. The van der Waals surface area contributed by atoms with Crippen LogP contribution >= 0.6 is 0 Å². The first-order valence-corrected chi connectivity index (χ1v) is 5.55. The van der Waals surface area contributed by atoms with E-state index in [4.69, 9.17) is 10.5 Å². The van der Waals surface area contributed by atoms with Gasteiger partial charge in [-0.2, -0.15) is 0 Å². The minimum atomic E-state index is 0.125. The van der Waals surface area contributed by atoms with Crippen molar-refractivity contribution >= 4 is 5.82 Å². The molecular weight excluding hydrogens is 204 g/mol. The van der Waals surface area contributed by atoms with Gasteiger partial charge in [-0.25, -0.2) is 9.97 Å². The van der Waals surface area contributed by atoms with E-state index < -0.39 is 0 Å². The molecule has 1 unspecified atom stereocenters. The first-order valence-electron chi connectivity index (χ1n) is 5.55. The maximum atomic E-state index is 5.79. The fourth-order valence-electron chi connectivity index (χ4n) is 1.99. The van der Waals surface area contributed by atoms with Crippen molar-refractivity contribution in [1.82, 2.24) is 9.97 Å². The molecule has 5 heteroatoms. The minimum Gasteiger partial charge on any atom is -0.376 e. The molecule has 16 heavy (non-hydrogen) atoms. The van der Waals surface area contributed by atoms with Crippen molar-refractivity contribution in [2.24, 2.45) is 5.73 Å². The number of aromatic nitrogens is 2. The molecule has 0 aromatic carbocycles. The molecule has 1 aromatic rings. The number of nitrogens with two attached hydrogens (primary N) is 1. The van der Waals surface area contributed by atoms with Gasteiger partial charge in [0.1, 0.15) is 12.1 Å². The number of fused-ring (bicyclic) bond motifs is 1. The van der Waals surface area contributed by atoms with Gasteiger partial charge in [0.15, 0.2) is 0 Å². The summed E-state index contributed by atoms with van der Waals surface area (Å²) < 4.78 is 5.45. The predicted octanol–water partition coefficient (Wildman–Crippen LogP) is 0.333. The Kier molecular flexibility index (Phi) is 3.36. The van der Waals surface area contributed by atoms with Gasteiger partial charge in [0.05, 0.1) is 18.9 Å². The highest BCUT2D eigenvalue weighted by molar-refractivity contribution is 5.48. The molecule has 0 radical (unpaired) electrons. The number of rotatable bonds is 3. The quantitative estimate of drug-likeness (QED) is 0.798. The van der Waals surface area contributed by atoms with Crippen LogP contribution in [0.2, 0.25) is 0 Å². The van der Waals surface area contributed by atoms with Crippen LogP contribution in [0.5, 0.6) is 0 Å². The van der Waals surface area contributed by atoms with Gasteiger partial charge in [0.25, 0.3) is 0 Å². The lowest BCUT2D eigenvalue weighted by Crippen LogP contribution is -2.34. The summed E-state index contributed by atoms with van der Waals surface area (Å²) in [6.45, 7) is 4.12. The maximum absolute atomic E-state index is 5.79. The van der Waals surface area contributed by atoms with E-state index in [0.29, 0.717) is 6.61 Å². The molecule has 0 spiro atoms. The Balaban J connectivity index is 2.26. The molecule has 88 valence electrons. The van der Waals surface area contributed by atoms with Crippen LogP contribution in [0.25, 0.3) is 0 Å². The summed E-state index contributed by atoms with van der Waals surface area (Å²) in [5, 5.41) is 0. The fraction of sp³-hybridized carbons (Fsp3) is 0.636. The topological polar surface area (TPSA) is 64.3 Å². The second-order valence-corrected chi connectivity index (χ2v) is 4.28. The molecule has 0 bridgehead atoms. The van der Waals surface area contributed by atoms with Crippen LogP contribution in [0, 0.1) is 0 Å². The van der Waals surface area contributed by atoms with Gasteiger partial charge in [0, 0.05) is 31.6 Å². The summed E-state index contributed by atoms with van der Waals surface area (Å²) in [7, 11) is 2.00. The van der Waals surface area contributed by atoms with Gasteiger partial charge in [-0.05, 0) is 6.92 Å². The zero-order valence-electron chi connectivity index (χ0n) is 9.81. The molecule has 1 atom stereocenters.